The summed E-state index contributed by atoms with van der Waals surface area (Å²) in [5.41, 5.74) is 0.0499. The lowest BCUT2D eigenvalue weighted by Gasteiger charge is -2.37. The van der Waals surface area contributed by atoms with Crippen LogP contribution in [0.25, 0.3) is 0 Å². The van der Waals surface area contributed by atoms with Gasteiger partial charge in [0.2, 0.25) is 0 Å². The first-order valence-electron chi connectivity index (χ1n) is 5.72. The van der Waals surface area contributed by atoms with E-state index in [1.165, 1.54) is 0 Å². The molecule has 19 heavy (non-hydrogen) atoms. The summed E-state index contributed by atoms with van der Waals surface area (Å²) in [6.45, 7) is 2.72. The number of carbonyl (C=O) groups excluding carboxylic acids is 1. The summed E-state index contributed by atoms with van der Waals surface area (Å²) in [7, 11) is 0. The molecular formula is C11H18O8. The van der Waals surface area contributed by atoms with Gasteiger partial charge in [-0.1, -0.05) is 6.58 Å². The first kappa shape index (κ1) is 16.0. The Morgan fingerprint density at radius 1 is 1.16 bits per heavy atom. The van der Waals surface area contributed by atoms with Gasteiger partial charge in [-0.05, 0) is 0 Å². The van der Waals surface area contributed by atoms with Gasteiger partial charge in [0.05, 0.1) is 0 Å². The van der Waals surface area contributed by atoms with Crippen LogP contribution >= 0.6 is 0 Å². The second-order valence-corrected chi connectivity index (χ2v) is 4.21. The second kappa shape index (κ2) is 6.94. The maximum absolute atomic E-state index is 11.4. The summed E-state index contributed by atoms with van der Waals surface area (Å²) in [6, 6.07) is 0. The molecule has 5 N–H and O–H groups in total. The third-order valence-corrected chi connectivity index (χ3v) is 2.77. The minimum Gasteiger partial charge on any atom is -0.459 e. The number of ether oxygens (including phenoxy) is 2. The van der Waals surface area contributed by atoms with Crippen molar-refractivity contribution in [2.24, 2.45) is 0 Å². The number of esters is 1. The molecule has 8 nitrogen and oxygen atoms in total. The Bertz CT molecular complexity index is 331. The zero-order chi connectivity index (χ0) is 14.6. The van der Waals surface area contributed by atoms with Crippen LogP contribution < -0.4 is 0 Å². The van der Waals surface area contributed by atoms with Crippen molar-refractivity contribution in [1.82, 2.24) is 0 Å². The predicted octanol–water partition coefficient (Wildman–Crippen LogP) is -2.73. The summed E-state index contributed by atoms with van der Waals surface area (Å²) in [5.74, 6) is -0.778. The van der Waals surface area contributed by atoms with Crippen LogP contribution in [0.3, 0.4) is 0 Å². The van der Waals surface area contributed by atoms with Gasteiger partial charge in [0.1, 0.15) is 31.0 Å². The number of hydrogen-bond acceptors (Lipinski definition) is 8. The Morgan fingerprint density at radius 3 is 2.37 bits per heavy atom. The van der Waals surface area contributed by atoms with Gasteiger partial charge in [-0.15, -0.1) is 0 Å². The van der Waals surface area contributed by atoms with Crippen molar-refractivity contribution in [3.05, 3.63) is 12.2 Å². The fraction of sp³-hybridized carbons (Fsp3) is 0.727. The normalized spacial score (nSPS) is 34.9. The van der Waals surface area contributed by atoms with Crippen LogP contribution in [0.2, 0.25) is 0 Å². The molecule has 0 aromatic rings. The van der Waals surface area contributed by atoms with E-state index in [0.717, 1.165) is 0 Å². The van der Waals surface area contributed by atoms with Crippen LogP contribution in [0.15, 0.2) is 12.2 Å². The molecule has 5 atom stereocenters. The van der Waals surface area contributed by atoms with E-state index in [2.05, 4.69) is 6.58 Å². The molecule has 0 unspecified atom stereocenters. The van der Waals surface area contributed by atoms with Gasteiger partial charge in [-0.3, -0.25) is 0 Å². The molecule has 0 aromatic heterocycles. The molecule has 0 bridgehead atoms. The number of aliphatic hydroxyl groups is 5. The van der Waals surface area contributed by atoms with Crippen LogP contribution in [0.5, 0.6) is 0 Å². The summed E-state index contributed by atoms with van der Waals surface area (Å²) < 4.78 is 9.57. The maximum Gasteiger partial charge on any atom is 0.333 e. The monoisotopic (exact) mass is 278 g/mol. The topological polar surface area (TPSA) is 137 Å². The quantitative estimate of drug-likeness (QED) is 0.270. The van der Waals surface area contributed by atoms with E-state index >= 15 is 0 Å². The van der Waals surface area contributed by atoms with Crippen molar-refractivity contribution >= 4 is 5.97 Å². The minimum atomic E-state index is -1.68. The first-order chi connectivity index (χ1) is 8.88. The molecule has 0 spiro atoms. The van der Waals surface area contributed by atoms with E-state index in [9.17, 15) is 25.2 Å². The molecule has 1 saturated heterocycles. The second-order valence-electron chi connectivity index (χ2n) is 4.21. The van der Waals surface area contributed by atoms with Crippen molar-refractivity contribution in [1.29, 1.82) is 0 Å². The zero-order valence-corrected chi connectivity index (χ0v) is 10.2. The Morgan fingerprint density at radius 2 is 1.79 bits per heavy atom. The molecule has 1 rings (SSSR count). The Labute approximate surface area is 109 Å². The smallest absolute Gasteiger partial charge is 0.333 e. The molecule has 1 aliphatic rings. The highest BCUT2D eigenvalue weighted by atomic mass is 16.6. The van der Waals surface area contributed by atoms with E-state index in [4.69, 9.17) is 14.6 Å². The Hall–Kier alpha value is -1.03. The maximum atomic E-state index is 11.4. The summed E-state index contributed by atoms with van der Waals surface area (Å²) in [6.07, 6.45) is -7.53. The third kappa shape index (κ3) is 3.96. The van der Waals surface area contributed by atoms with Gasteiger partial charge in [0, 0.05) is 18.6 Å². The molecule has 0 saturated carbocycles. The van der Waals surface area contributed by atoms with Crippen molar-refractivity contribution in [3.63, 3.8) is 0 Å². The Kier molecular flexibility index (Phi) is 5.85. The van der Waals surface area contributed by atoms with Crippen LogP contribution in [0.4, 0.5) is 0 Å². The molecule has 0 aromatic carbocycles. The molecule has 0 aliphatic carbocycles. The van der Waals surface area contributed by atoms with E-state index in [1.54, 1.807) is 0 Å². The van der Waals surface area contributed by atoms with Crippen molar-refractivity contribution in [3.8, 4) is 0 Å². The molecule has 0 amide bonds. The number of aliphatic hydroxyl groups excluding tert-OH is 5. The van der Waals surface area contributed by atoms with E-state index in [0.29, 0.717) is 0 Å². The van der Waals surface area contributed by atoms with E-state index in [-0.39, 0.29) is 18.6 Å². The van der Waals surface area contributed by atoms with E-state index in [1.807, 2.05) is 0 Å². The average molecular weight is 278 g/mol. The molecular weight excluding hydrogens is 260 g/mol. The molecule has 1 aliphatic heterocycles. The molecule has 1 fully saturated rings. The van der Waals surface area contributed by atoms with E-state index < -0.39 is 43.3 Å². The van der Waals surface area contributed by atoms with Gasteiger partial charge in [0.15, 0.2) is 6.29 Å². The molecule has 1 heterocycles. The lowest BCUT2D eigenvalue weighted by atomic mass is 9.99. The molecule has 110 valence electrons. The zero-order valence-electron chi connectivity index (χ0n) is 10.2. The molecule has 8 heteroatoms. The Balaban J connectivity index is 2.48. The van der Waals surface area contributed by atoms with Gasteiger partial charge < -0.3 is 35.0 Å². The lowest BCUT2D eigenvalue weighted by Crippen LogP contribution is -2.58. The van der Waals surface area contributed by atoms with Gasteiger partial charge in [-0.25, -0.2) is 4.79 Å². The van der Waals surface area contributed by atoms with Gasteiger partial charge in [0.25, 0.3) is 0 Å². The number of rotatable bonds is 5. The average Bonchev–Trinajstić information content (AvgIpc) is 2.38. The van der Waals surface area contributed by atoms with Crippen LogP contribution in [0.1, 0.15) is 6.42 Å². The van der Waals surface area contributed by atoms with Crippen molar-refractivity contribution < 1.29 is 39.8 Å². The highest BCUT2D eigenvalue weighted by Gasteiger charge is 2.43. The van der Waals surface area contributed by atoms with Gasteiger partial charge in [-0.2, -0.15) is 0 Å². The summed E-state index contributed by atoms with van der Waals surface area (Å²) >= 11 is 0. The summed E-state index contributed by atoms with van der Waals surface area (Å²) in [4.78, 5) is 11.4. The van der Waals surface area contributed by atoms with Crippen LogP contribution in [-0.2, 0) is 14.3 Å². The fourth-order valence-electron chi connectivity index (χ4n) is 1.57. The predicted molar refractivity (Wildman–Crippen MR) is 60.7 cm³/mol. The fourth-order valence-corrected chi connectivity index (χ4v) is 1.57. The SMILES string of the molecule is C=C(CCO)C(=O)OC[C@@H]1O[C@H](O)[C@@H](O)[C@H](O)[C@H]1O. The van der Waals surface area contributed by atoms with Crippen LogP contribution in [-0.4, -0.2) is 75.4 Å². The van der Waals surface area contributed by atoms with Gasteiger partial charge >= 0.3 is 5.97 Å². The van der Waals surface area contributed by atoms with Crippen molar-refractivity contribution in [2.45, 2.75) is 37.1 Å². The number of carbonyl (C=O) groups is 1. The lowest BCUT2D eigenvalue weighted by molar-refractivity contribution is -0.287. The standard InChI is InChI=1S/C11H18O8/c1-5(2-3-12)10(16)18-4-6-7(13)8(14)9(15)11(17)19-6/h6-9,11-15,17H,1-4H2/t6-,7-,8+,9-,11-/m0/s1. The molecule has 0 radical (unpaired) electrons. The summed E-state index contributed by atoms with van der Waals surface area (Å²) in [5, 5.41) is 46.1. The number of hydrogen-bond donors (Lipinski definition) is 5. The highest BCUT2D eigenvalue weighted by Crippen LogP contribution is 2.20. The largest absolute Gasteiger partial charge is 0.459 e. The third-order valence-electron chi connectivity index (χ3n) is 2.77. The highest BCUT2D eigenvalue weighted by molar-refractivity contribution is 5.87. The first-order valence-corrected chi connectivity index (χ1v) is 5.72. The van der Waals surface area contributed by atoms with Crippen LogP contribution in [0, 0.1) is 0 Å². The van der Waals surface area contributed by atoms with Crippen molar-refractivity contribution in [2.75, 3.05) is 13.2 Å². The minimum absolute atomic E-state index is 0.0499.